The van der Waals surface area contributed by atoms with Gasteiger partial charge in [0.1, 0.15) is 0 Å². The van der Waals surface area contributed by atoms with Gasteiger partial charge < -0.3 is 4.90 Å². The number of carbonyl (C=O) groups excluding carboxylic acids is 1. The molecule has 1 amide bonds. The SMILES string of the molecule is CCC(C)C(=O)N1CCCCC1CC. The molecule has 1 rings (SSSR count). The highest BCUT2D eigenvalue weighted by atomic mass is 16.2. The number of hydrogen-bond acceptors (Lipinski definition) is 1. The zero-order valence-electron chi connectivity index (χ0n) is 9.75. The predicted octanol–water partition coefficient (Wildman–Crippen LogP) is 2.82. The maximum Gasteiger partial charge on any atom is 0.225 e. The summed E-state index contributed by atoms with van der Waals surface area (Å²) in [7, 11) is 0. The molecule has 0 saturated carbocycles. The van der Waals surface area contributed by atoms with E-state index < -0.39 is 0 Å². The largest absolute Gasteiger partial charge is 0.340 e. The van der Waals surface area contributed by atoms with Crippen molar-refractivity contribution < 1.29 is 4.79 Å². The molecule has 2 unspecified atom stereocenters. The minimum Gasteiger partial charge on any atom is -0.340 e. The molecule has 0 spiro atoms. The van der Waals surface area contributed by atoms with E-state index in [1.807, 2.05) is 6.92 Å². The van der Waals surface area contributed by atoms with E-state index in [4.69, 9.17) is 0 Å². The molecule has 1 saturated heterocycles. The molecule has 0 aromatic carbocycles. The van der Waals surface area contributed by atoms with Crippen molar-refractivity contribution in [3.05, 3.63) is 0 Å². The van der Waals surface area contributed by atoms with Gasteiger partial charge in [0.2, 0.25) is 5.91 Å². The first-order chi connectivity index (χ1) is 6.70. The average molecular weight is 197 g/mol. The van der Waals surface area contributed by atoms with Crippen LogP contribution in [-0.4, -0.2) is 23.4 Å². The van der Waals surface area contributed by atoms with Gasteiger partial charge in [-0.3, -0.25) is 4.79 Å². The zero-order chi connectivity index (χ0) is 10.6. The Kier molecular flexibility index (Phi) is 4.43. The van der Waals surface area contributed by atoms with E-state index in [0.717, 1.165) is 19.4 Å². The minimum atomic E-state index is 0.210. The highest BCUT2D eigenvalue weighted by Crippen LogP contribution is 2.22. The predicted molar refractivity (Wildman–Crippen MR) is 59.1 cm³/mol. The van der Waals surface area contributed by atoms with Crippen LogP contribution in [0.25, 0.3) is 0 Å². The molecular formula is C12H23NO. The van der Waals surface area contributed by atoms with Crippen molar-refractivity contribution in [1.29, 1.82) is 0 Å². The fourth-order valence-corrected chi connectivity index (χ4v) is 2.17. The van der Waals surface area contributed by atoms with E-state index in [1.165, 1.54) is 19.3 Å². The van der Waals surface area contributed by atoms with E-state index in [0.29, 0.717) is 11.9 Å². The van der Waals surface area contributed by atoms with Crippen LogP contribution in [0.15, 0.2) is 0 Å². The Balaban J connectivity index is 2.58. The normalized spacial score (nSPS) is 24.8. The highest BCUT2D eigenvalue weighted by molar-refractivity contribution is 5.78. The van der Waals surface area contributed by atoms with Crippen LogP contribution in [0.1, 0.15) is 52.9 Å². The maximum atomic E-state index is 12.0. The van der Waals surface area contributed by atoms with Gasteiger partial charge >= 0.3 is 0 Å². The Morgan fingerprint density at radius 1 is 1.43 bits per heavy atom. The fraction of sp³-hybridized carbons (Fsp3) is 0.917. The van der Waals surface area contributed by atoms with Crippen molar-refractivity contribution in [2.75, 3.05) is 6.54 Å². The van der Waals surface area contributed by atoms with Gasteiger partial charge in [0, 0.05) is 18.5 Å². The lowest BCUT2D eigenvalue weighted by Gasteiger charge is -2.36. The number of likely N-dealkylation sites (tertiary alicyclic amines) is 1. The monoisotopic (exact) mass is 197 g/mol. The molecule has 0 bridgehead atoms. The molecule has 0 radical (unpaired) electrons. The van der Waals surface area contributed by atoms with Gasteiger partial charge in [-0.2, -0.15) is 0 Å². The van der Waals surface area contributed by atoms with Gasteiger partial charge in [-0.15, -0.1) is 0 Å². The Labute approximate surface area is 87.7 Å². The third-order valence-electron chi connectivity index (χ3n) is 3.42. The molecule has 0 aromatic heterocycles. The van der Waals surface area contributed by atoms with Crippen LogP contribution >= 0.6 is 0 Å². The number of nitrogens with zero attached hydrogens (tertiary/aromatic N) is 1. The molecule has 2 heteroatoms. The van der Waals surface area contributed by atoms with Crippen molar-refractivity contribution >= 4 is 5.91 Å². The van der Waals surface area contributed by atoms with Gasteiger partial charge in [-0.25, -0.2) is 0 Å². The van der Waals surface area contributed by atoms with E-state index >= 15 is 0 Å². The molecule has 2 atom stereocenters. The molecule has 0 N–H and O–H groups in total. The molecule has 1 fully saturated rings. The summed E-state index contributed by atoms with van der Waals surface area (Å²) in [5, 5.41) is 0. The summed E-state index contributed by atoms with van der Waals surface area (Å²) in [5.41, 5.74) is 0. The number of piperidine rings is 1. The van der Waals surface area contributed by atoms with Crippen LogP contribution in [0.5, 0.6) is 0 Å². The summed E-state index contributed by atoms with van der Waals surface area (Å²) in [4.78, 5) is 14.1. The molecule has 0 aliphatic carbocycles. The Hall–Kier alpha value is -0.530. The van der Waals surface area contributed by atoms with Crippen LogP contribution in [0.2, 0.25) is 0 Å². The quantitative estimate of drug-likeness (QED) is 0.681. The van der Waals surface area contributed by atoms with Crippen molar-refractivity contribution in [3.63, 3.8) is 0 Å². The lowest BCUT2D eigenvalue weighted by molar-refractivity contribution is -0.138. The van der Waals surface area contributed by atoms with Gasteiger partial charge in [0.25, 0.3) is 0 Å². The smallest absolute Gasteiger partial charge is 0.225 e. The second-order valence-corrected chi connectivity index (χ2v) is 4.40. The molecule has 1 heterocycles. The first-order valence-corrected chi connectivity index (χ1v) is 6.01. The molecule has 82 valence electrons. The lowest BCUT2D eigenvalue weighted by atomic mass is 9.97. The Bertz CT molecular complexity index is 191. The fourth-order valence-electron chi connectivity index (χ4n) is 2.17. The number of carbonyl (C=O) groups is 1. The molecule has 0 aromatic rings. The summed E-state index contributed by atoms with van der Waals surface area (Å²) in [6.07, 6.45) is 5.77. The van der Waals surface area contributed by atoms with E-state index in [2.05, 4.69) is 18.7 Å². The summed E-state index contributed by atoms with van der Waals surface area (Å²) >= 11 is 0. The summed E-state index contributed by atoms with van der Waals surface area (Å²) in [6, 6.07) is 0.519. The minimum absolute atomic E-state index is 0.210. The summed E-state index contributed by atoms with van der Waals surface area (Å²) in [5.74, 6) is 0.584. The molecule has 1 aliphatic rings. The second-order valence-electron chi connectivity index (χ2n) is 4.40. The van der Waals surface area contributed by atoms with E-state index in [-0.39, 0.29) is 5.92 Å². The van der Waals surface area contributed by atoms with Crippen molar-refractivity contribution in [1.82, 2.24) is 4.90 Å². The Morgan fingerprint density at radius 3 is 2.71 bits per heavy atom. The summed E-state index contributed by atoms with van der Waals surface area (Å²) in [6.45, 7) is 7.31. The zero-order valence-corrected chi connectivity index (χ0v) is 9.75. The van der Waals surface area contributed by atoms with Crippen molar-refractivity contribution in [3.8, 4) is 0 Å². The van der Waals surface area contributed by atoms with Gasteiger partial charge in [0.05, 0.1) is 0 Å². The second kappa shape index (κ2) is 5.38. The highest BCUT2D eigenvalue weighted by Gasteiger charge is 2.27. The van der Waals surface area contributed by atoms with Gasteiger partial charge in [-0.05, 0) is 32.1 Å². The standard InChI is InChI=1S/C12H23NO/c1-4-10(3)12(14)13-9-7-6-8-11(13)5-2/h10-11H,4-9H2,1-3H3. The van der Waals surface area contributed by atoms with Crippen LogP contribution in [0.3, 0.4) is 0 Å². The van der Waals surface area contributed by atoms with Crippen LogP contribution in [0, 0.1) is 5.92 Å². The first kappa shape index (κ1) is 11.5. The molecular weight excluding hydrogens is 174 g/mol. The third kappa shape index (κ3) is 2.49. The topological polar surface area (TPSA) is 20.3 Å². The summed E-state index contributed by atoms with van der Waals surface area (Å²) < 4.78 is 0. The van der Waals surface area contributed by atoms with Crippen LogP contribution in [-0.2, 0) is 4.79 Å². The average Bonchev–Trinajstić information content (AvgIpc) is 2.26. The van der Waals surface area contributed by atoms with Gasteiger partial charge in [-0.1, -0.05) is 20.8 Å². The van der Waals surface area contributed by atoms with Crippen molar-refractivity contribution in [2.45, 2.75) is 58.9 Å². The van der Waals surface area contributed by atoms with Gasteiger partial charge in [0.15, 0.2) is 0 Å². The molecule has 2 nitrogen and oxygen atoms in total. The molecule has 1 aliphatic heterocycles. The van der Waals surface area contributed by atoms with Crippen LogP contribution < -0.4 is 0 Å². The number of hydrogen-bond donors (Lipinski definition) is 0. The first-order valence-electron chi connectivity index (χ1n) is 6.01. The third-order valence-corrected chi connectivity index (χ3v) is 3.42. The Morgan fingerprint density at radius 2 is 2.14 bits per heavy atom. The molecule has 14 heavy (non-hydrogen) atoms. The van der Waals surface area contributed by atoms with E-state index in [9.17, 15) is 4.79 Å². The van der Waals surface area contributed by atoms with E-state index in [1.54, 1.807) is 0 Å². The number of rotatable bonds is 3. The lowest BCUT2D eigenvalue weighted by Crippen LogP contribution is -2.45. The van der Waals surface area contributed by atoms with Crippen LogP contribution in [0.4, 0.5) is 0 Å². The number of amides is 1. The van der Waals surface area contributed by atoms with Crippen molar-refractivity contribution in [2.24, 2.45) is 5.92 Å². The maximum absolute atomic E-state index is 12.0.